The van der Waals surface area contributed by atoms with Crippen LogP contribution in [0.1, 0.15) is 0 Å². The van der Waals surface area contributed by atoms with E-state index in [-0.39, 0.29) is 0 Å². The van der Waals surface area contributed by atoms with Crippen LogP contribution in [-0.4, -0.2) is 11.6 Å². The van der Waals surface area contributed by atoms with Crippen molar-refractivity contribution in [3.63, 3.8) is 0 Å². The van der Waals surface area contributed by atoms with Gasteiger partial charge < -0.3 is 0 Å². The molecule has 0 amide bonds. The van der Waals surface area contributed by atoms with E-state index in [0.29, 0.717) is 0 Å². The van der Waals surface area contributed by atoms with Gasteiger partial charge in [-0.05, 0) is 0 Å². The van der Waals surface area contributed by atoms with E-state index in [1.54, 1.807) is 0 Å². The lowest BCUT2D eigenvalue weighted by Crippen LogP contribution is -2.26. The van der Waals surface area contributed by atoms with Crippen molar-refractivity contribution in [1.82, 2.24) is 0 Å². The Hall–Kier alpha value is -0.440. The smallest absolute Gasteiger partial charge is 0.170 e. The Morgan fingerprint density at radius 1 is 1.27 bits per heavy atom. The van der Waals surface area contributed by atoms with E-state index in [4.69, 9.17) is 11.6 Å². The first-order chi connectivity index (χ1) is 5.02. The van der Waals surface area contributed by atoms with E-state index in [1.165, 1.54) is 18.2 Å². The summed E-state index contributed by atoms with van der Waals surface area (Å²) in [5.41, 5.74) is 0. The molecule has 0 saturated carbocycles. The summed E-state index contributed by atoms with van der Waals surface area (Å²) in [6.07, 6.45) is 0.782. The van der Waals surface area contributed by atoms with Gasteiger partial charge in [-0.25, -0.2) is 0 Å². The van der Waals surface area contributed by atoms with Crippen LogP contribution in [0, 0.1) is 5.92 Å². The molecule has 0 aromatic rings. The zero-order valence-corrected chi connectivity index (χ0v) is 6.15. The molecule has 0 nitrogen and oxygen atoms in total. The second-order valence-electron chi connectivity index (χ2n) is 2.10. The fraction of sp³-hybridized carbons (Fsp3) is 0.286. The lowest BCUT2D eigenvalue weighted by Gasteiger charge is -2.20. The summed E-state index contributed by atoms with van der Waals surface area (Å²) in [5.74, 6) is -0.707. The molecule has 0 N–H and O–H groups in total. The van der Waals surface area contributed by atoms with Gasteiger partial charge in [-0.15, -0.1) is 11.6 Å². The molecule has 0 heterocycles. The monoisotopic (exact) mass is 181 g/mol. The Morgan fingerprint density at radius 3 is 2.27 bits per heavy atom. The van der Waals surface area contributed by atoms with E-state index in [1.807, 2.05) is 0 Å². The highest BCUT2D eigenvalue weighted by Crippen LogP contribution is 2.36. The van der Waals surface area contributed by atoms with Crippen LogP contribution >= 0.6 is 11.6 Å². The summed E-state index contributed by atoms with van der Waals surface area (Å²) in [5, 5.41) is -1.04. The number of alkyl halides is 4. The van der Waals surface area contributed by atoms with Crippen molar-refractivity contribution in [2.75, 3.05) is 0 Å². The lowest BCUT2D eigenvalue weighted by atomic mass is 10.0. The quantitative estimate of drug-likeness (QED) is 0.504. The second kappa shape index (κ2) is 2.89. The van der Waals surface area contributed by atoms with E-state index in [2.05, 4.69) is 0 Å². The summed E-state index contributed by atoms with van der Waals surface area (Å²) < 4.78 is 36.0. The maximum atomic E-state index is 12.0. The predicted molar refractivity (Wildman–Crippen MR) is 37.2 cm³/mol. The second-order valence-corrected chi connectivity index (χ2v) is 2.57. The van der Waals surface area contributed by atoms with Gasteiger partial charge in [-0.1, -0.05) is 24.3 Å². The first kappa shape index (κ1) is 8.65. The van der Waals surface area contributed by atoms with Crippen LogP contribution in [0.2, 0.25) is 0 Å². The zero-order chi connectivity index (χ0) is 8.48. The van der Waals surface area contributed by atoms with Crippen molar-refractivity contribution in [1.29, 1.82) is 0 Å². The average molecular weight is 182 g/mol. The van der Waals surface area contributed by atoms with Crippen molar-refractivity contribution >= 4 is 11.6 Å². The van der Waals surface area contributed by atoms with Crippen molar-refractivity contribution in [3.8, 4) is 0 Å². The summed E-state index contributed by atoms with van der Waals surface area (Å²) in [7, 11) is 0. The highest BCUT2D eigenvalue weighted by atomic mass is 35.5. The van der Waals surface area contributed by atoms with Crippen LogP contribution < -0.4 is 0 Å². The first-order valence-corrected chi connectivity index (χ1v) is 3.38. The first-order valence-electron chi connectivity index (χ1n) is 2.95. The Labute approximate surface area is 67.3 Å². The number of hydrogen-bond donors (Lipinski definition) is 0. The molecule has 0 saturated heterocycles. The Kier molecular flexibility index (Phi) is 2.28. The highest BCUT2D eigenvalue weighted by molar-refractivity contribution is 6.23. The van der Waals surface area contributed by atoms with Crippen LogP contribution in [0.3, 0.4) is 0 Å². The van der Waals surface area contributed by atoms with Crippen molar-refractivity contribution in [2.45, 2.75) is 11.6 Å². The molecule has 0 fully saturated rings. The summed E-state index contributed by atoms with van der Waals surface area (Å²) in [6, 6.07) is 0. The van der Waals surface area contributed by atoms with Gasteiger partial charge in [0.15, 0.2) is 0 Å². The number of halogens is 4. The normalized spacial score (nSPS) is 26.0. The van der Waals surface area contributed by atoms with Gasteiger partial charge in [0.1, 0.15) is 5.92 Å². The molecule has 1 aliphatic carbocycles. The summed E-state index contributed by atoms with van der Waals surface area (Å²) in [6.45, 7) is 0. The number of rotatable bonds is 0. The molecule has 1 unspecified atom stereocenters. The van der Waals surface area contributed by atoms with Crippen molar-refractivity contribution in [3.05, 3.63) is 30.2 Å². The van der Waals surface area contributed by atoms with E-state index in [0.717, 1.165) is 6.08 Å². The molecule has 61 valence electrons. The summed E-state index contributed by atoms with van der Waals surface area (Å²) in [4.78, 5) is 0. The molecule has 0 bridgehead atoms. The fourth-order valence-corrected chi connectivity index (χ4v) is 1.05. The molecule has 4 heteroatoms. The summed E-state index contributed by atoms with van der Waals surface area (Å²) >= 11 is 5.37. The SMILES string of the molecule is FC(F)(F)[C]1C=CC=CC1Cl. The van der Waals surface area contributed by atoms with Crippen molar-refractivity contribution in [2.24, 2.45) is 0 Å². The van der Waals surface area contributed by atoms with Crippen LogP contribution in [-0.2, 0) is 0 Å². The van der Waals surface area contributed by atoms with Gasteiger partial charge in [0.25, 0.3) is 0 Å². The average Bonchev–Trinajstić information content (AvgIpc) is 1.86. The molecule has 0 aromatic heterocycles. The maximum Gasteiger partial charge on any atom is 0.400 e. The molecule has 0 aliphatic heterocycles. The molecule has 1 atom stereocenters. The van der Waals surface area contributed by atoms with Crippen LogP contribution in [0.25, 0.3) is 0 Å². The molecular formula is C7H5ClF3. The van der Waals surface area contributed by atoms with Crippen LogP contribution in [0.15, 0.2) is 24.3 Å². The zero-order valence-electron chi connectivity index (χ0n) is 5.40. The molecule has 0 spiro atoms. The molecule has 1 rings (SSSR count). The third kappa shape index (κ3) is 1.99. The van der Waals surface area contributed by atoms with Gasteiger partial charge in [0.05, 0.1) is 5.38 Å². The third-order valence-electron chi connectivity index (χ3n) is 1.29. The van der Waals surface area contributed by atoms with Crippen molar-refractivity contribution < 1.29 is 13.2 Å². The van der Waals surface area contributed by atoms with Gasteiger partial charge in [0.2, 0.25) is 0 Å². The number of hydrogen-bond acceptors (Lipinski definition) is 0. The van der Waals surface area contributed by atoms with E-state index in [9.17, 15) is 13.2 Å². The predicted octanol–water partition coefficient (Wildman–Crippen LogP) is 2.86. The maximum absolute atomic E-state index is 12.0. The minimum atomic E-state index is -4.31. The molecule has 11 heavy (non-hydrogen) atoms. The minimum Gasteiger partial charge on any atom is -0.170 e. The van der Waals surface area contributed by atoms with Crippen LogP contribution in [0.5, 0.6) is 0 Å². The Bertz CT molecular complexity index is 192. The minimum absolute atomic E-state index is 0.707. The van der Waals surface area contributed by atoms with E-state index >= 15 is 0 Å². The van der Waals surface area contributed by atoms with Gasteiger partial charge in [-0.3, -0.25) is 0 Å². The molecule has 1 radical (unpaired) electrons. The Morgan fingerprint density at radius 2 is 1.91 bits per heavy atom. The topological polar surface area (TPSA) is 0 Å². The number of allylic oxidation sites excluding steroid dienone is 4. The van der Waals surface area contributed by atoms with Gasteiger partial charge in [0, 0.05) is 0 Å². The van der Waals surface area contributed by atoms with E-state index < -0.39 is 17.5 Å². The largest absolute Gasteiger partial charge is 0.400 e. The third-order valence-corrected chi connectivity index (χ3v) is 1.67. The van der Waals surface area contributed by atoms with Gasteiger partial charge >= 0.3 is 6.18 Å². The molecule has 0 aromatic carbocycles. The van der Waals surface area contributed by atoms with Gasteiger partial charge in [-0.2, -0.15) is 13.2 Å². The molecular weight excluding hydrogens is 177 g/mol. The lowest BCUT2D eigenvalue weighted by molar-refractivity contribution is -0.108. The standard InChI is InChI=1S/C7H5ClF3/c8-6-4-2-1-3-5(6)7(9,10)11/h1-4,6H. The molecule has 1 aliphatic rings. The fourth-order valence-electron chi connectivity index (χ4n) is 0.767. The Balaban J connectivity index is 2.74. The highest BCUT2D eigenvalue weighted by Gasteiger charge is 2.42. The van der Waals surface area contributed by atoms with Crippen LogP contribution in [0.4, 0.5) is 13.2 Å².